The van der Waals surface area contributed by atoms with E-state index in [1.165, 1.54) is 0 Å². The molecule has 0 aliphatic heterocycles. The van der Waals surface area contributed by atoms with Crippen LogP contribution in [-0.4, -0.2) is 45.1 Å². The maximum Gasteiger partial charge on any atom is 0.263 e. The zero-order valence-electron chi connectivity index (χ0n) is 16.2. The molecule has 26 heavy (non-hydrogen) atoms. The number of hydrogen-bond acceptors (Lipinski definition) is 4. The van der Waals surface area contributed by atoms with Gasteiger partial charge in [-0.3, -0.25) is 4.79 Å². The van der Waals surface area contributed by atoms with Crippen molar-refractivity contribution >= 4 is 5.91 Å². The molecule has 0 bridgehead atoms. The first kappa shape index (κ1) is 20.0. The highest BCUT2D eigenvalue weighted by molar-refractivity contribution is 5.81. The number of carbonyl (C=O) groups is 1. The minimum absolute atomic E-state index is 0.108. The van der Waals surface area contributed by atoms with Crippen LogP contribution in [0.15, 0.2) is 24.5 Å². The molecule has 6 nitrogen and oxygen atoms in total. The molecule has 0 fully saturated rings. The van der Waals surface area contributed by atoms with Gasteiger partial charge in [0.15, 0.2) is 6.10 Å². The van der Waals surface area contributed by atoms with Gasteiger partial charge in [0.05, 0.1) is 25.2 Å². The predicted octanol–water partition coefficient (Wildman–Crippen LogP) is 2.94. The molecular weight excluding hydrogens is 330 g/mol. The molecule has 0 saturated heterocycles. The standard InChI is InChI=1S/C20H29N3O3/c1-13(2)17-7-6-14(3)10-19(17)26-16(5)20(25)23(8-9-24)11-18-15(4)21-12-22-18/h6-7,10,12-13,16,24H,8-9,11H2,1-5H3,(H,21,22). The molecule has 0 radical (unpaired) electrons. The van der Waals surface area contributed by atoms with E-state index in [0.717, 1.165) is 28.3 Å². The number of aliphatic hydroxyl groups excluding tert-OH is 1. The van der Waals surface area contributed by atoms with Crippen LogP contribution in [0.4, 0.5) is 0 Å². The number of aliphatic hydroxyl groups is 1. The van der Waals surface area contributed by atoms with Gasteiger partial charge in [0.25, 0.3) is 5.91 Å². The summed E-state index contributed by atoms with van der Waals surface area (Å²) in [5.74, 6) is 0.867. The van der Waals surface area contributed by atoms with Gasteiger partial charge in [-0.15, -0.1) is 0 Å². The summed E-state index contributed by atoms with van der Waals surface area (Å²) in [5.41, 5.74) is 3.86. The number of hydrogen-bond donors (Lipinski definition) is 2. The Bertz CT molecular complexity index is 740. The minimum Gasteiger partial charge on any atom is -0.481 e. The number of amides is 1. The number of aromatic nitrogens is 2. The van der Waals surface area contributed by atoms with Gasteiger partial charge < -0.3 is 19.7 Å². The number of rotatable bonds is 8. The molecule has 0 aliphatic carbocycles. The first-order valence-electron chi connectivity index (χ1n) is 8.99. The molecule has 1 aromatic heterocycles. The van der Waals surface area contributed by atoms with Crippen molar-refractivity contribution in [1.82, 2.24) is 14.9 Å². The molecule has 0 aliphatic rings. The van der Waals surface area contributed by atoms with Crippen LogP contribution in [0.2, 0.25) is 0 Å². The van der Waals surface area contributed by atoms with Crippen LogP contribution in [0, 0.1) is 13.8 Å². The Balaban J connectivity index is 2.16. The van der Waals surface area contributed by atoms with Crippen molar-refractivity contribution in [3.8, 4) is 5.75 Å². The Morgan fingerprint density at radius 2 is 2.04 bits per heavy atom. The number of aryl methyl sites for hydroxylation is 2. The summed E-state index contributed by atoms with van der Waals surface area (Å²) in [4.78, 5) is 21.7. The summed E-state index contributed by atoms with van der Waals surface area (Å²) < 4.78 is 6.03. The van der Waals surface area contributed by atoms with Gasteiger partial charge in [0.2, 0.25) is 0 Å². The molecule has 1 unspecified atom stereocenters. The van der Waals surface area contributed by atoms with Crippen LogP contribution in [0.3, 0.4) is 0 Å². The lowest BCUT2D eigenvalue weighted by Gasteiger charge is -2.26. The van der Waals surface area contributed by atoms with E-state index in [2.05, 4.69) is 23.8 Å². The van der Waals surface area contributed by atoms with Gasteiger partial charge >= 0.3 is 0 Å². The van der Waals surface area contributed by atoms with Crippen molar-refractivity contribution in [3.63, 3.8) is 0 Å². The van der Waals surface area contributed by atoms with Crippen LogP contribution >= 0.6 is 0 Å². The lowest BCUT2D eigenvalue weighted by atomic mass is 10.0. The Morgan fingerprint density at radius 1 is 1.31 bits per heavy atom. The Hall–Kier alpha value is -2.34. The molecule has 6 heteroatoms. The second-order valence-corrected chi connectivity index (χ2v) is 6.91. The first-order valence-corrected chi connectivity index (χ1v) is 8.99. The second-order valence-electron chi connectivity index (χ2n) is 6.91. The Labute approximate surface area is 155 Å². The van der Waals surface area contributed by atoms with Gasteiger partial charge in [-0.25, -0.2) is 4.98 Å². The average Bonchev–Trinajstić information content (AvgIpc) is 2.98. The Kier molecular flexibility index (Phi) is 6.80. The molecule has 2 aromatic rings. The quantitative estimate of drug-likeness (QED) is 0.760. The highest BCUT2D eigenvalue weighted by Gasteiger charge is 2.24. The average molecular weight is 359 g/mol. The maximum absolute atomic E-state index is 12.9. The molecule has 1 aromatic carbocycles. The SMILES string of the molecule is Cc1ccc(C(C)C)c(OC(C)C(=O)N(CCO)Cc2nc[nH]c2C)c1. The summed E-state index contributed by atoms with van der Waals surface area (Å²) in [6.07, 6.45) is 0.952. The van der Waals surface area contributed by atoms with Crippen LogP contribution in [0.1, 0.15) is 49.2 Å². The van der Waals surface area contributed by atoms with Crippen molar-refractivity contribution in [2.24, 2.45) is 0 Å². The molecule has 2 rings (SSSR count). The molecule has 2 N–H and O–H groups in total. The highest BCUT2D eigenvalue weighted by Crippen LogP contribution is 2.28. The third kappa shape index (κ3) is 4.85. The van der Waals surface area contributed by atoms with E-state index in [-0.39, 0.29) is 19.1 Å². The lowest BCUT2D eigenvalue weighted by Crippen LogP contribution is -2.41. The van der Waals surface area contributed by atoms with Crippen LogP contribution in [0.5, 0.6) is 5.75 Å². The van der Waals surface area contributed by atoms with E-state index >= 15 is 0 Å². The van der Waals surface area contributed by atoms with Gasteiger partial charge in [-0.05, 0) is 43.9 Å². The van der Waals surface area contributed by atoms with Crippen molar-refractivity contribution in [2.75, 3.05) is 13.2 Å². The van der Waals surface area contributed by atoms with Gasteiger partial charge in [-0.1, -0.05) is 26.0 Å². The largest absolute Gasteiger partial charge is 0.481 e. The molecule has 1 amide bonds. The fourth-order valence-corrected chi connectivity index (χ4v) is 2.83. The van der Waals surface area contributed by atoms with Crippen LogP contribution < -0.4 is 4.74 Å². The van der Waals surface area contributed by atoms with Crippen molar-refractivity contribution in [2.45, 2.75) is 53.2 Å². The molecule has 142 valence electrons. The number of carbonyl (C=O) groups excluding carboxylic acids is 1. The molecule has 0 saturated carbocycles. The van der Waals surface area contributed by atoms with E-state index in [4.69, 9.17) is 4.74 Å². The summed E-state index contributed by atoms with van der Waals surface area (Å²) in [6, 6.07) is 6.06. The summed E-state index contributed by atoms with van der Waals surface area (Å²) in [7, 11) is 0. The van der Waals surface area contributed by atoms with E-state index in [1.54, 1.807) is 18.2 Å². The third-order valence-electron chi connectivity index (χ3n) is 4.40. The van der Waals surface area contributed by atoms with Crippen LogP contribution in [-0.2, 0) is 11.3 Å². The predicted molar refractivity (Wildman–Crippen MR) is 101 cm³/mol. The van der Waals surface area contributed by atoms with E-state index in [9.17, 15) is 9.90 Å². The number of benzene rings is 1. The molecule has 0 spiro atoms. The third-order valence-corrected chi connectivity index (χ3v) is 4.40. The van der Waals surface area contributed by atoms with Gasteiger partial charge in [-0.2, -0.15) is 0 Å². The van der Waals surface area contributed by atoms with Crippen molar-refractivity contribution < 1.29 is 14.6 Å². The highest BCUT2D eigenvalue weighted by atomic mass is 16.5. The monoisotopic (exact) mass is 359 g/mol. The zero-order valence-corrected chi connectivity index (χ0v) is 16.2. The first-order chi connectivity index (χ1) is 12.3. The van der Waals surface area contributed by atoms with E-state index in [1.807, 2.05) is 32.0 Å². The number of imidazole rings is 1. The summed E-state index contributed by atoms with van der Waals surface area (Å²) in [6.45, 7) is 10.3. The van der Waals surface area contributed by atoms with E-state index < -0.39 is 6.10 Å². The van der Waals surface area contributed by atoms with Gasteiger partial charge in [0, 0.05) is 12.2 Å². The number of ether oxygens (including phenoxy) is 1. The number of H-pyrrole nitrogens is 1. The summed E-state index contributed by atoms with van der Waals surface area (Å²) >= 11 is 0. The molecule has 1 heterocycles. The maximum atomic E-state index is 12.9. The van der Waals surface area contributed by atoms with Gasteiger partial charge in [0.1, 0.15) is 5.75 Å². The smallest absolute Gasteiger partial charge is 0.263 e. The molecular formula is C20H29N3O3. The Morgan fingerprint density at radius 3 is 2.62 bits per heavy atom. The van der Waals surface area contributed by atoms with Crippen molar-refractivity contribution in [1.29, 1.82) is 0 Å². The second kappa shape index (κ2) is 8.85. The lowest BCUT2D eigenvalue weighted by molar-refractivity contribution is -0.139. The fraction of sp³-hybridized carbons (Fsp3) is 0.500. The molecule has 1 atom stereocenters. The number of nitrogens with zero attached hydrogens (tertiary/aromatic N) is 2. The topological polar surface area (TPSA) is 78.4 Å². The zero-order chi connectivity index (χ0) is 19.3. The van der Waals surface area contributed by atoms with E-state index in [0.29, 0.717) is 12.5 Å². The minimum atomic E-state index is -0.653. The number of nitrogens with one attached hydrogen (secondary N) is 1. The van der Waals surface area contributed by atoms with Crippen LogP contribution in [0.25, 0.3) is 0 Å². The fourth-order valence-electron chi connectivity index (χ4n) is 2.83. The number of aromatic amines is 1. The summed E-state index contributed by atoms with van der Waals surface area (Å²) in [5, 5.41) is 9.35. The van der Waals surface area contributed by atoms with Crippen molar-refractivity contribution in [3.05, 3.63) is 47.0 Å². The normalized spacial score (nSPS) is 12.3.